The minimum atomic E-state index is -0.993. The highest BCUT2D eigenvalue weighted by Crippen LogP contribution is 2.26. The number of carbonyl (C=O) groups is 1. The van der Waals surface area contributed by atoms with Gasteiger partial charge in [0.2, 0.25) is 0 Å². The molecular weight excluding hydrogens is 214 g/mol. The number of carboxylic acids is 1. The van der Waals surface area contributed by atoms with Crippen molar-refractivity contribution in [1.82, 2.24) is 10.3 Å². The highest BCUT2D eigenvalue weighted by molar-refractivity contribution is 7.09. The average Bonchev–Trinajstić information content (AvgIpc) is 2.71. The average molecular weight is 223 g/mol. The third kappa shape index (κ3) is 1.75. The minimum Gasteiger partial charge on any atom is -0.478 e. The molecule has 78 valence electrons. The highest BCUT2D eigenvalue weighted by Gasteiger charge is 2.29. The van der Waals surface area contributed by atoms with Crippen LogP contribution in [-0.4, -0.2) is 22.3 Å². The van der Waals surface area contributed by atoms with Crippen molar-refractivity contribution in [3.05, 3.63) is 28.4 Å². The molecule has 1 aliphatic heterocycles. The minimum absolute atomic E-state index is 0.143. The van der Waals surface area contributed by atoms with Gasteiger partial charge < -0.3 is 10.4 Å². The van der Waals surface area contributed by atoms with Gasteiger partial charge in [-0.05, 0) is 6.92 Å². The number of hydrogen-bond donors (Lipinski definition) is 2. The van der Waals surface area contributed by atoms with E-state index in [-0.39, 0.29) is 5.57 Å². The van der Waals surface area contributed by atoms with E-state index in [1.54, 1.807) is 6.20 Å². The fraction of sp³-hybridized carbons (Fsp3) is 0.222. The first-order valence-corrected chi connectivity index (χ1v) is 5.16. The van der Waals surface area contributed by atoms with Gasteiger partial charge in [0.15, 0.2) is 5.66 Å². The third-order valence-electron chi connectivity index (χ3n) is 2.07. The van der Waals surface area contributed by atoms with E-state index >= 15 is 0 Å². The molecule has 1 atom stereocenters. The molecule has 1 unspecified atom stereocenters. The van der Waals surface area contributed by atoms with Crippen molar-refractivity contribution in [2.45, 2.75) is 12.6 Å². The van der Waals surface area contributed by atoms with Crippen LogP contribution in [-0.2, 0) is 10.5 Å². The predicted molar refractivity (Wildman–Crippen MR) is 56.8 cm³/mol. The Morgan fingerprint density at radius 2 is 2.47 bits per heavy atom. The molecule has 0 aromatic carbocycles. The zero-order chi connectivity index (χ0) is 10.9. The molecule has 6 heteroatoms. The lowest BCUT2D eigenvalue weighted by atomic mass is 10.1. The molecule has 1 aromatic rings. The van der Waals surface area contributed by atoms with Crippen LogP contribution in [0, 0.1) is 0 Å². The number of aromatic nitrogens is 1. The van der Waals surface area contributed by atoms with Gasteiger partial charge in [0.25, 0.3) is 0 Å². The monoisotopic (exact) mass is 223 g/mol. The predicted octanol–water partition coefficient (Wildman–Crippen LogP) is 0.958. The SMILES string of the molecule is CC1(c2nccs2)N=CC(C(=O)O)=CN1. The van der Waals surface area contributed by atoms with Gasteiger partial charge in [-0.3, -0.25) is 4.99 Å². The van der Waals surface area contributed by atoms with E-state index in [1.165, 1.54) is 23.8 Å². The normalized spacial score (nSPS) is 24.5. The maximum Gasteiger partial charge on any atom is 0.338 e. The number of hydrogen-bond acceptors (Lipinski definition) is 5. The van der Waals surface area contributed by atoms with Crippen LogP contribution in [0.25, 0.3) is 0 Å². The molecule has 2 heterocycles. The molecule has 0 amide bonds. The van der Waals surface area contributed by atoms with E-state index in [9.17, 15) is 4.79 Å². The van der Waals surface area contributed by atoms with Gasteiger partial charge in [-0.25, -0.2) is 9.78 Å². The van der Waals surface area contributed by atoms with Crippen molar-refractivity contribution >= 4 is 23.5 Å². The Bertz CT molecular complexity index is 438. The van der Waals surface area contributed by atoms with Crippen LogP contribution in [0.4, 0.5) is 0 Å². The number of aliphatic carboxylic acids is 1. The maximum absolute atomic E-state index is 10.6. The standard InChI is InChI=1S/C9H9N3O2S/c1-9(8-10-2-3-15-8)11-4-6(5-12-9)7(13)14/h2-5,11H,1H3,(H,13,14). The van der Waals surface area contributed by atoms with Crippen LogP contribution in [0.3, 0.4) is 0 Å². The number of nitrogens with one attached hydrogen (secondary N) is 1. The largest absolute Gasteiger partial charge is 0.478 e. The second-order valence-corrected chi connectivity index (χ2v) is 4.11. The molecule has 2 N–H and O–H groups in total. The Balaban J connectivity index is 2.25. The van der Waals surface area contributed by atoms with Gasteiger partial charge in [0.1, 0.15) is 5.01 Å². The first-order chi connectivity index (χ1) is 7.12. The van der Waals surface area contributed by atoms with Crippen molar-refractivity contribution in [3.8, 4) is 0 Å². The molecular formula is C9H9N3O2S. The second kappa shape index (κ2) is 3.47. The first-order valence-electron chi connectivity index (χ1n) is 4.28. The fourth-order valence-electron chi connectivity index (χ4n) is 1.19. The lowest BCUT2D eigenvalue weighted by Crippen LogP contribution is -2.37. The quantitative estimate of drug-likeness (QED) is 0.783. The Morgan fingerprint density at radius 3 is 2.93 bits per heavy atom. The zero-order valence-corrected chi connectivity index (χ0v) is 8.78. The molecule has 1 aromatic heterocycles. The Morgan fingerprint density at radius 1 is 1.67 bits per heavy atom. The topological polar surface area (TPSA) is 74.6 Å². The molecule has 0 bridgehead atoms. The number of nitrogens with zero attached hydrogens (tertiary/aromatic N) is 2. The number of aliphatic imine (C=N–C) groups is 1. The van der Waals surface area contributed by atoms with E-state index in [4.69, 9.17) is 5.11 Å². The molecule has 0 saturated heterocycles. The zero-order valence-electron chi connectivity index (χ0n) is 7.97. The van der Waals surface area contributed by atoms with Crippen LogP contribution in [0.2, 0.25) is 0 Å². The number of carboxylic acid groups (broad SMARTS) is 1. The van der Waals surface area contributed by atoms with E-state index in [1.807, 2.05) is 12.3 Å². The lowest BCUT2D eigenvalue weighted by Gasteiger charge is -2.26. The van der Waals surface area contributed by atoms with Gasteiger partial charge in [0, 0.05) is 24.0 Å². The molecule has 2 rings (SSSR count). The molecule has 1 aliphatic rings. The summed E-state index contributed by atoms with van der Waals surface area (Å²) >= 11 is 1.47. The third-order valence-corrected chi connectivity index (χ3v) is 3.05. The molecule has 0 aliphatic carbocycles. The highest BCUT2D eigenvalue weighted by atomic mass is 32.1. The van der Waals surface area contributed by atoms with Crippen LogP contribution < -0.4 is 5.32 Å². The van der Waals surface area contributed by atoms with Gasteiger partial charge in [-0.1, -0.05) is 0 Å². The van der Waals surface area contributed by atoms with Crippen molar-refractivity contribution in [3.63, 3.8) is 0 Å². The Hall–Kier alpha value is -1.69. The summed E-state index contributed by atoms with van der Waals surface area (Å²) in [7, 11) is 0. The van der Waals surface area contributed by atoms with E-state index in [0.717, 1.165) is 5.01 Å². The van der Waals surface area contributed by atoms with Crippen LogP contribution in [0.15, 0.2) is 28.3 Å². The molecule has 0 fully saturated rings. The van der Waals surface area contributed by atoms with E-state index in [0.29, 0.717) is 0 Å². The fourth-order valence-corrected chi connectivity index (χ4v) is 1.90. The second-order valence-electron chi connectivity index (χ2n) is 3.22. The summed E-state index contributed by atoms with van der Waals surface area (Å²) < 4.78 is 0. The first kappa shape index (κ1) is 9.85. The molecule has 5 nitrogen and oxygen atoms in total. The van der Waals surface area contributed by atoms with Gasteiger partial charge in [0.05, 0.1) is 5.57 Å². The van der Waals surface area contributed by atoms with Gasteiger partial charge >= 0.3 is 5.97 Å². The van der Waals surface area contributed by atoms with E-state index < -0.39 is 11.6 Å². The summed E-state index contributed by atoms with van der Waals surface area (Å²) in [4.78, 5) is 19.0. The smallest absolute Gasteiger partial charge is 0.338 e. The van der Waals surface area contributed by atoms with Crippen molar-refractivity contribution < 1.29 is 9.90 Å². The summed E-state index contributed by atoms with van der Waals surface area (Å²) in [6.45, 7) is 1.84. The van der Waals surface area contributed by atoms with Crippen molar-refractivity contribution in [1.29, 1.82) is 0 Å². The summed E-state index contributed by atoms with van der Waals surface area (Å²) in [6, 6.07) is 0. The number of thiazole rings is 1. The summed E-state index contributed by atoms with van der Waals surface area (Å²) in [5.74, 6) is -0.993. The molecule has 0 saturated carbocycles. The van der Waals surface area contributed by atoms with Gasteiger partial charge in [-0.2, -0.15) is 0 Å². The van der Waals surface area contributed by atoms with Crippen molar-refractivity contribution in [2.75, 3.05) is 0 Å². The molecule has 0 radical (unpaired) electrons. The summed E-state index contributed by atoms with van der Waals surface area (Å²) in [6.07, 6.45) is 4.48. The summed E-state index contributed by atoms with van der Waals surface area (Å²) in [5, 5.41) is 14.3. The summed E-state index contributed by atoms with van der Waals surface area (Å²) in [5.41, 5.74) is -0.503. The van der Waals surface area contributed by atoms with Crippen LogP contribution in [0.1, 0.15) is 11.9 Å². The Kier molecular flexibility index (Phi) is 2.28. The van der Waals surface area contributed by atoms with Crippen LogP contribution in [0.5, 0.6) is 0 Å². The molecule has 15 heavy (non-hydrogen) atoms. The lowest BCUT2D eigenvalue weighted by molar-refractivity contribution is -0.132. The van der Waals surface area contributed by atoms with Crippen molar-refractivity contribution in [2.24, 2.45) is 4.99 Å². The molecule has 0 spiro atoms. The van der Waals surface area contributed by atoms with Gasteiger partial charge in [-0.15, -0.1) is 11.3 Å². The van der Waals surface area contributed by atoms with Crippen LogP contribution >= 0.6 is 11.3 Å². The Labute approximate surface area is 90.2 Å². The van der Waals surface area contributed by atoms with E-state index in [2.05, 4.69) is 15.3 Å². The maximum atomic E-state index is 10.6. The number of rotatable bonds is 2.